The maximum Gasteiger partial charge on any atom is 0.338 e. The lowest BCUT2D eigenvalue weighted by Gasteiger charge is -2.10. The van der Waals surface area contributed by atoms with Crippen LogP contribution in [0.1, 0.15) is 42.6 Å². The van der Waals surface area contributed by atoms with Crippen LogP contribution < -0.4 is 21.3 Å². The summed E-state index contributed by atoms with van der Waals surface area (Å²) in [5, 5.41) is 10.1. The van der Waals surface area contributed by atoms with Crippen molar-refractivity contribution in [2.24, 2.45) is 0 Å². The van der Waals surface area contributed by atoms with Crippen molar-refractivity contribution in [2.45, 2.75) is 45.3 Å². The fourth-order valence-electron chi connectivity index (χ4n) is 2.08. The number of ether oxygens (including phenoxy) is 1. The fourth-order valence-corrected chi connectivity index (χ4v) is 2.08. The van der Waals surface area contributed by atoms with Gasteiger partial charge in [-0.3, -0.25) is 10.1 Å². The minimum atomic E-state index is -0.696. The number of nitrogens with one attached hydrogen (secondary N) is 4. The largest absolute Gasteiger partial charge is 0.452 e. The maximum atomic E-state index is 11.9. The molecule has 0 aromatic heterocycles. The number of rotatable bonds is 7. The Bertz CT molecular complexity index is 698. The lowest BCUT2D eigenvalue weighted by molar-refractivity contribution is -0.123. The molecule has 1 aliphatic carbocycles. The molecule has 0 atom stereocenters. The lowest BCUT2D eigenvalue weighted by atomic mass is 10.1. The Morgan fingerprint density at radius 1 is 1.07 bits per heavy atom. The Morgan fingerprint density at radius 2 is 1.74 bits per heavy atom. The Morgan fingerprint density at radius 3 is 2.33 bits per heavy atom. The number of urea groups is 2. The van der Waals surface area contributed by atoms with Crippen molar-refractivity contribution in [1.29, 1.82) is 0 Å². The molecule has 0 unspecified atom stereocenters. The number of hydrogen-bond acceptors (Lipinski definition) is 5. The first kappa shape index (κ1) is 20.2. The third-order valence-electron chi connectivity index (χ3n) is 3.56. The molecule has 146 valence electrons. The molecule has 5 amide bonds. The van der Waals surface area contributed by atoms with Gasteiger partial charge >= 0.3 is 18.0 Å². The van der Waals surface area contributed by atoms with Crippen LogP contribution in [0.25, 0.3) is 0 Å². The van der Waals surface area contributed by atoms with Crippen LogP contribution in [0.15, 0.2) is 24.3 Å². The highest BCUT2D eigenvalue weighted by molar-refractivity contribution is 5.97. The second-order valence-electron chi connectivity index (χ2n) is 6.55. The molecule has 9 nitrogen and oxygen atoms in total. The van der Waals surface area contributed by atoms with Crippen LogP contribution in [-0.2, 0) is 16.1 Å². The van der Waals surface area contributed by atoms with Crippen molar-refractivity contribution in [1.82, 2.24) is 21.3 Å². The molecular formula is C18H24N4O5. The van der Waals surface area contributed by atoms with E-state index in [1.165, 1.54) is 12.1 Å². The minimum absolute atomic E-state index is 0.0409. The van der Waals surface area contributed by atoms with Gasteiger partial charge < -0.3 is 20.7 Å². The van der Waals surface area contributed by atoms with Gasteiger partial charge in [0.25, 0.3) is 5.91 Å². The van der Waals surface area contributed by atoms with Crippen molar-refractivity contribution >= 4 is 23.9 Å². The molecule has 0 saturated heterocycles. The van der Waals surface area contributed by atoms with E-state index in [0.29, 0.717) is 6.54 Å². The van der Waals surface area contributed by atoms with Gasteiger partial charge in [0.2, 0.25) is 0 Å². The zero-order chi connectivity index (χ0) is 19.8. The second-order valence-corrected chi connectivity index (χ2v) is 6.55. The zero-order valence-corrected chi connectivity index (χ0v) is 15.3. The van der Waals surface area contributed by atoms with Crippen LogP contribution in [0.4, 0.5) is 9.59 Å². The number of amides is 5. The third-order valence-corrected chi connectivity index (χ3v) is 3.56. The Balaban J connectivity index is 1.71. The fraction of sp³-hybridized carbons (Fsp3) is 0.444. The summed E-state index contributed by atoms with van der Waals surface area (Å²) < 4.78 is 4.88. The van der Waals surface area contributed by atoms with Gasteiger partial charge in [0.05, 0.1) is 5.56 Å². The van der Waals surface area contributed by atoms with Gasteiger partial charge in [0.1, 0.15) is 0 Å². The zero-order valence-electron chi connectivity index (χ0n) is 15.3. The van der Waals surface area contributed by atoms with Crippen LogP contribution in [0.5, 0.6) is 0 Å². The van der Waals surface area contributed by atoms with Gasteiger partial charge in [-0.2, -0.15) is 0 Å². The molecule has 0 spiro atoms. The van der Waals surface area contributed by atoms with E-state index >= 15 is 0 Å². The number of imide groups is 1. The van der Waals surface area contributed by atoms with E-state index in [2.05, 4.69) is 21.3 Å². The van der Waals surface area contributed by atoms with Crippen molar-refractivity contribution in [2.75, 3.05) is 6.61 Å². The number of carbonyl (C=O) groups excluding carboxylic acids is 4. The summed E-state index contributed by atoms with van der Waals surface area (Å²) in [6.07, 6.45) is 1.81. The SMILES string of the molecule is CC(C)NC(=O)NCc1ccc(C(=O)OCC(=O)NC(=O)NC2CC2)cc1. The molecule has 9 heteroatoms. The number of carbonyl (C=O) groups is 4. The summed E-state index contributed by atoms with van der Waals surface area (Å²) in [5.74, 6) is -1.37. The molecule has 0 aliphatic heterocycles. The van der Waals surface area contributed by atoms with Gasteiger partial charge in [0, 0.05) is 18.6 Å². The molecule has 1 aliphatic rings. The van der Waals surface area contributed by atoms with Gasteiger partial charge in [-0.25, -0.2) is 14.4 Å². The van der Waals surface area contributed by atoms with Crippen LogP contribution in [0.3, 0.4) is 0 Å². The first-order chi connectivity index (χ1) is 12.8. The van der Waals surface area contributed by atoms with Crippen LogP contribution >= 0.6 is 0 Å². The summed E-state index contributed by atoms with van der Waals surface area (Å²) in [5.41, 5.74) is 1.07. The summed E-state index contributed by atoms with van der Waals surface area (Å²) in [7, 11) is 0. The van der Waals surface area contributed by atoms with E-state index in [9.17, 15) is 19.2 Å². The van der Waals surface area contributed by atoms with Crippen LogP contribution in [0, 0.1) is 0 Å². The molecule has 0 heterocycles. The average molecular weight is 376 g/mol. The quantitative estimate of drug-likeness (QED) is 0.529. The Labute approximate surface area is 157 Å². The van der Waals surface area contributed by atoms with Gasteiger partial charge in [0.15, 0.2) is 6.61 Å². The predicted molar refractivity (Wildman–Crippen MR) is 96.9 cm³/mol. The molecule has 4 N–H and O–H groups in total. The molecule has 2 rings (SSSR count). The summed E-state index contributed by atoms with van der Waals surface area (Å²) in [6.45, 7) is 3.49. The Kier molecular flexibility index (Phi) is 7.16. The van der Waals surface area contributed by atoms with E-state index < -0.39 is 24.5 Å². The first-order valence-electron chi connectivity index (χ1n) is 8.74. The number of hydrogen-bond donors (Lipinski definition) is 4. The molecular weight excluding hydrogens is 352 g/mol. The second kappa shape index (κ2) is 9.56. The van der Waals surface area contributed by atoms with Gasteiger partial charge in [-0.05, 0) is 44.4 Å². The van der Waals surface area contributed by atoms with Gasteiger partial charge in [-0.1, -0.05) is 12.1 Å². The van der Waals surface area contributed by atoms with Crippen molar-refractivity contribution in [3.8, 4) is 0 Å². The molecule has 0 bridgehead atoms. The van der Waals surface area contributed by atoms with E-state index in [4.69, 9.17) is 4.74 Å². The van der Waals surface area contributed by atoms with Crippen molar-refractivity contribution < 1.29 is 23.9 Å². The smallest absolute Gasteiger partial charge is 0.338 e. The maximum absolute atomic E-state index is 11.9. The van der Waals surface area contributed by atoms with Crippen molar-refractivity contribution in [3.05, 3.63) is 35.4 Å². The number of esters is 1. The molecule has 0 radical (unpaired) electrons. The standard InChI is InChI=1S/C18H24N4O5/c1-11(2)20-17(25)19-9-12-3-5-13(6-4-12)16(24)27-10-15(23)22-18(26)21-14-7-8-14/h3-6,11,14H,7-10H2,1-2H3,(H2,19,20,25)(H2,21,22,23,26). The lowest BCUT2D eigenvalue weighted by Crippen LogP contribution is -2.42. The molecule has 1 aromatic rings. The first-order valence-corrected chi connectivity index (χ1v) is 8.74. The predicted octanol–water partition coefficient (Wildman–Crippen LogP) is 1.04. The molecule has 1 saturated carbocycles. The third kappa shape index (κ3) is 7.76. The van der Waals surface area contributed by atoms with Crippen molar-refractivity contribution in [3.63, 3.8) is 0 Å². The molecule has 1 aromatic carbocycles. The van der Waals surface area contributed by atoms with Gasteiger partial charge in [-0.15, -0.1) is 0 Å². The average Bonchev–Trinajstić information content (AvgIpc) is 3.41. The highest BCUT2D eigenvalue weighted by Gasteiger charge is 2.24. The normalized spacial score (nSPS) is 12.9. The highest BCUT2D eigenvalue weighted by atomic mass is 16.5. The van der Waals surface area contributed by atoms with E-state index in [0.717, 1.165) is 18.4 Å². The van der Waals surface area contributed by atoms with Crippen LogP contribution in [-0.4, -0.2) is 42.6 Å². The summed E-state index contributed by atoms with van der Waals surface area (Å²) in [4.78, 5) is 46.4. The van der Waals surface area contributed by atoms with E-state index in [-0.39, 0.29) is 23.7 Å². The van der Waals surface area contributed by atoms with E-state index in [1.807, 2.05) is 13.8 Å². The summed E-state index contributed by atoms with van der Waals surface area (Å²) >= 11 is 0. The Hall–Kier alpha value is -3.10. The highest BCUT2D eigenvalue weighted by Crippen LogP contribution is 2.18. The van der Waals surface area contributed by atoms with E-state index in [1.54, 1.807) is 12.1 Å². The van der Waals surface area contributed by atoms with Crippen LogP contribution in [0.2, 0.25) is 0 Å². The number of benzene rings is 1. The molecule has 27 heavy (non-hydrogen) atoms. The topological polar surface area (TPSA) is 126 Å². The minimum Gasteiger partial charge on any atom is -0.452 e. The summed E-state index contributed by atoms with van der Waals surface area (Å²) in [6, 6.07) is 5.74. The molecule has 1 fully saturated rings. The monoisotopic (exact) mass is 376 g/mol.